The van der Waals surface area contributed by atoms with Crippen molar-refractivity contribution in [2.75, 3.05) is 9.80 Å². The molecule has 0 spiro atoms. The fourth-order valence-corrected chi connectivity index (χ4v) is 21.4. The second-order valence-corrected chi connectivity index (χ2v) is 44.5. The van der Waals surface area contributed by atoms with Gasteiger partial charge >= 0.3 is 0 Å². The van der Waals surface area contributed by atoms with Gasteiger partial charge < -0.3 is 32.5 Å². The van der Waals surface area contributed by atoms with Crippen molar-refractivity contribution in [3.05, 3.63) is 354 Å². The van der Waals surface area contributed by atoms with Gasteiger partial charge in [-0.05, 0) is 250 Å². The smallest absolute Gasteiger partial charge is 0.252 e. The zero-order chi connectivity index (χ0) is 98.4. The van der Waals surface area contributed by atoms with Crippen molar-refractivity contribution in [2.45, 2.75) is 183 Å². The summed E-state index contributed by atoms with van der Waals surface area (Å²) in [6.45, 7) is 47.5. The van der Waals surface area contributed by atoms with Crippen LogP contribution in [0.4, 0.5) is 34.1 Å². The lowest BCUT2D eigenvalue weighted by molar-refractivity contribution is 0.590. The average Bonchev–Trinajstić information content (AvgIpc) is 1.01. The molecule has 0 amide bonds. The third-order valence-electron chi connectivity index (χ3n) is 28.7. The van der Waals surface area contributed by atoms with E-state index in [-0.39, 0.29) is 66.4 Å². The number of furan rings is 1. The monoisotopic (exact) mass is 1720 g/mol. The van der Waals surface area contributed by atoms with Crippen LogP contribution < -0.4 is 26.2 Å². The zero-order valence-corrected chi connectivity index (χ0v) is 79.6. The molecule has 0 atom stereocenters. The number of rotatable bonds is 8. The highest BCUT2D eigenvalue weighted by atomic mass is 16.3. The zero-order valence-electron chi connectivity index (χ0n) is 87.6. The molecule has 7 nitrogen and oxygen atoms in total. The first-order valence-corrected chi connectivity index (χ1v) is 46.8. The Morgan fingerprint density at radius 3 is 0.932 bits per heavy atom. The van der Waals surface area contributed by atoms with Gasteiger partial charge in [0.2, 0.25) is 0 Å². The van der Waals surface area contributed by atoms with Gasteiger partial charge in [-0.3, -0.25) is 0 Å². The first kappa shape index (κ1) is 73.9. The van der Waals surface area contributed by atoms with Crippen LogP contribution in [0.5, 0.6) is 0 Å². The molecule has 2 aliphatic rings. The Hall–Kier alpha value is -13.8. The number of benzene rings is 16. The van der Waals surface area contributed by atoms with Gasteiger partial charge in [0.1, 0.15) is 0 Å². The van der Waals surface area contributed by atoms with E-state index < -0.39 is 48.4 Å². The molecule has 0 fully saturated rings. The number of para-hydroxylation sites is 4. The van der Waals surface area contributed by atoms with Crippen LogP contribution in [0.25, 0.3) is 154 Å². The second kappa shape index (κ2) is 28.8. The van der Waals surface area contributed by atoms with Gasteiger partial charge in [-0.2, -0.15) is 0 Å². The molecule has 0 unspecified atom stereocenters. The molecule has 2 aliphatic heterocycles. The lowest BCUT2D eigenvalue weighted by atomic mass is 9.33. The molecular weight excluding hydrogens is 1600 g/mol. The number of anilines is 6. The maximum atomic E-state index is 10.1. The quantitative estimate of drug-likeness (QED) is 0.142. The molecule has 0 radical (unpaired) electrons. The lowest BCUT2D eigenvalue weighted by Gasteiger charge is -2.45. The molecule has 0 bridgehead atoms. The summed E-state index contributed by atoms with van der Waals surface area (Å²) in [5, 5.41) is 8.78. The van der Waals surface area contributed by atoms with Crippen LogP contribution in [0.1, 0.15) is 195 Å². The topological polar surface area (TPSA) is 39.3 Å². The molecular formula is C124H115BN6O. The van der Waals surface area contributed by atoms with Crippen molar-refractivity contribution in [1.82, 2.24) is 18.3 Å². The summed E-state index contributed by atoms with van der Waals surface area (Å²) in [7, 11) is 0. The van der Waals surface area contributed by atoms with Crippen molar-refractivity contribution in [3.8, 4) is 45.0 Å². The largest absolute Gasteiger partial charge is 0.452 e. The van der Waals surface area contributed by atoms with E-state index in [1.54, 1.807) is 4.57 Å². The normalized spacial score (nSPS) is 14.4. The summed E-state index contributed by atoms with van der Waals surface area (Å²) in [6, 6.07) is 96.5. The molecule has 16 aromatic carbocycles. The van der Waals surface area contributed by atoms with Crippen LogP contribution in [0.2, 0.25) is 0 Å². The van der Waals surface area contributed by atoms with Crippen molar-refractivity contribution >= 4 is 166 Å². The van der Waals surface area contributed by atoms with E-state index in [4.69, 9.17) is 4.42 Å². The number of hydrogen-bond donors (Lipinski definition) is 0. The van der Waals surface area contributed by atoms with Gasteiger partial charge in [0.05, 0.1) is 77.8 Å². The van der Waals surface area contributed by atoms with E-state index in [1.807, 2.05) is 6.07 Å². The number of fused-ring (bicyclic) bond motifs is 19. The first-order chi connectivity index (χ1) is 66.2. The molecule has 0 N–H and O–H groups in total. The highest BCUT2D eigenvalue weighted by molar-refractivity contribution is 7.00. The van der Waals surface area contributed by atoms with E-state index in [0.717, 1.165) is 166 Å². The average molecular weight is 1720 g/mol. The minimum Gasteiger partial charge on any atom is -0.452 e. The van der Waals surface area contributed by atoms with Crippen LogP contribution in [-0.2, 0) is 37.9 Å². The Morgan fingerprint density at radius 1 is 0.235 bits per heavy atom. The Labute approximate surface area is 787 Å². The summed E-state index contributed by atoms with van der Waals surface area (Å²) in [4.78, 5) is 5.02. The third-order valence-corrected chi connectivity index (χ3v) is 28.7. The SMILES string of the molecule is [2H]c1c([2H])c([2H])c2c(c1[2H])c1c([2H])c([2H])c([2H])c([2H])c1n2-c1ccc2c(c1)N(c1c(-c3ccccc3)cc(C(C)(C)C)cc1-c1ccccc1)c1cc(-n3c4ccc(C(C)(C)C)cc4c4cc(C(C)(C)C)ccc43)cc3c1B2c1ccc(-n2c4ccc(C(C)(C)C)cc4c4cc(C(C)(C)C)ccc42)cc1N3c1cccc2c1oc1c(-n3c4ccc(C(C)(C)C)cc4c4cc(C(C)(C)C)ccc43)cccc12. The second-order valence-electron chi connectivity index (χ2n) is 44.5. The van der Waals surface area contributed by atoms with Crippen molar-refractivity contribution in [1.29, 1.82) is 0 Å². The van der Waals surface area contributed by atoms with Gasteiger partial charge in [-0.15, -0.1) is 0 Å². The number of nitrogens with zero attached hydrogens (tertiary/aromatic N) is 6. The number of hydrogen-bond acceptors (Lipinski definition) is 3. The van der Waals surface area contributed by atoms with Gasteiger partial charge in [0.25, 0.3) is 6.71 Å². The minimum absolute atomic E-state index is 0.00502. The molecule has 21 aromatic rings. The predicted molar refractivity (Wildman–Crippen MR) is 567 cm³/mol. The fraction of sp³-hybridized carbons (Fsp3) is 0.226. The summed E-state index contributed by atoms with van der Waals surface area (Å²) in [5.41, 5.74) is 29.7. The Kier molecular flexibility index (Phi) is 16.2. The summed E-state index contributed by atoms with van der Waals surface area (Å²) in [5.74, 6) is 0. The van der Waals surface area contributed by atoms with Gasteiger partial charge in [-0.25, -0.2) is 0 Å². The van der Waals surface area contributed by atoms with Crippen molar-refractivity contribution in [2.24, 2.45) is 0 Å². The first-order valence-electron chi connectivity index (χ1n) is 50.8. The van der Waals surface area contributed by atoms with Crippen LogP contribution in [0.15, 0.2) is 320 Å². The highest BCUT2D eigenvalue weighted by Crippen LogP contribution is 2.56. The van der Waals surface area contributed by atoms with Crippen LogP contribution in [-0.4, -0.2) is 25.0 Å². The van der Waals surface area contributed by atoms with Crippen molar-refractivity contribution < 1.29 is 15.4 Å². The molecule has 5 aromatic heterocycles. The Balaban J connectivity index is 0.919. The van der Waals surface area contributed by atoms with E-state index >= 15 is 0 Å². The molecule has 0 saturated heterocycles. The summed E-state index contributed by atoms with van der Waals surface area (Å²) < 4.78 is 94.8. The highest BCUT2D eigenvalue weighted by Gasteiger charge is 2.47. The van der Waals surface area contributed by atoms with Gasteiger partial charge in [0, 0.05) is 99.1 Å². The van der Waals surface area contributed by atoms with E-state index in [1.165, 1.54) is 44.2 Å². The molecule has 8 heteroatoms. The van der Waals surface area contributed by atoms with E-state index in [0.29, 0.717) is 11.3 Å². The standard InChI is InChI=1S/C124H115BN6O/c1-118(2,3)76-46-56-102-92(62-76)93-63-77(119(4,5)6)47-57-103(93)127(102)83-52-54-98-110(70-83)130(109-45-33-41-89-88-40-32-44-108(116(88)132-117(89)109)129-106-60-50-80(122(13,14)15)66-96(106)97-67-81(123(16,17)18)51-61-107(97)129)112-72-85(128-104-58-48-78(120(7,8)9)64-94(104)95-65-79(121(10,11)12)49-59-105(95)128)73-113-114(112)125(98)99-55-53-84(126-100-42-30-28-38-86(100)87-39-29-31-43-101(87)126)71-111(99)131(113)115-90(74-34-24-22-25-35-74)68-82(124(19,20)21)69-91(115)75-36-26-23-27-37-75/h22-73H,1-21H3/i28D,29D,30D,31D,38D,39D,42D,43D. The maximum Gasteiger partial charge on any atom is 0.252 e. The van der Waals surface area contributed by atoms with Crippen LogP contribution >= 0.6 is 0 Å². The number of aromatic nitrogens is 4. The lowest BCUT2D eigenvalue weighted by Crippen LogP contribution is -2.61. The molecule has 0 aliphatic carbocycles. The molecule has 0 saturated carbocycles. The third kappa shape index (κ3) is 12.9. The molecule has 132 heavy (non-hydrogen) atoms. The fourth-order valence-electron chi connectivity index (χ4n) is 21.4. The van der Waals surface area contributed by atoms with Crippen LogP contribution in [0.3, 0.4) is 0 Å². The minimum atomic E-state index is -0.616. The molecule has 650 valence electrons. The van der Waals surface area contributed by atoms with Gasteiger partial charge in [0.15, 0.2) is 11.2 Å². The van der Waals surface area contributed by atoms with E-state index in [2.05, 4.69) is 430 Å². The summed E-state index contributed by atoms with van der Waals surface area (Å²) in [6.07, 6.45) is 0. The van der Waals surface area contributed by atoms with Crippen LogP contribution in [0, 0.1) is 0 Å². The Bertz CT molecular complexity index is 8610. The maximum absolute atomic E-state index is 10.1. The predicted octanol–water partition coefficient (Wildman–Crippen LogP) is 32.5. The molecule has 23 rings (SSSR count). The summed E-state index contributed by atoms with van der Waals surface area (Å²) >= 11 is 0. The van der Waals surface area contributed by atoms with E-state index in [9.17, 15) is 11.0 Å². The Morgan fingerprint density at radius 2 is 0.553 bits per heavy atom. The van der Waals surface area contributed by atoms with Gasteiger partial charge in [-0.1, -0.05) is 315 Å². The molecule has 7 heterocycles. The van der Waals surface area contributed by atoms with Crippen molar-refractivity contribution in [3.63, 3.8) is 0 Å².